The van der Waals surface area contributed by atoms with E-state index in [0.29, 0.717) is 18.7 Å². The third-order valence-corrected chi connectivity index (χ3v) is 7.19. The summed E-state index contributed by atoms with van der Waals surface area (Å²) in [6, 6.07) is 19.0. The number of hydrogen-bond donors (Lipinski definition) is 1. The van der Waals surface area contributed by atoms with E-state index in [1.54, 1.807) is 20.4 Å². The lowest BCUT2D eigenvalue weighted by molar-refractivity contribution is -0.246. The molecule has 1 aliphatic heterocycles. The predicted octanol–water partition coefficient (Wildman–Crippen LogP) is 5.09. The number of imidazole rings is 1. The molecule has 8 nitrogen and oxygen atoms in total. The van der Waals surface area contributed by atoms with Gasteiger partial charge in [-0.15, -0.1) is 0 Å². The first-order valence-corrected chi connectivity index (χ1v) is 12.5. The first-order valence-electron chi connectivity index (χ1n) is 12.5. The minimum absolute atomic E-state index is 0.213. The normalized spacial score (nSPS) is 22.3. The third kappa shape index (κ3) is 4.95. The number of ketones is 1. The van der Waals surface area contributed by atoms with Crippen molar-refractivity contribution in [2.24, 2.45) is 11.8 Å². The van der Waals surface area contributed by atoms with Crippen molar-refractivity contribution in [3.05, 3.63) is 83.8 Å². The third-order valence-electron chi connectivity index (χ3n) is 7.19. The lowest BCUT2D eigenvalue weighted by Gasteiger charge is -2.47. The van der Waals surface area contributed by atoms with Crippen molar-refractivity contribution in [3.8, 4) is 11.5 Å². The van der Waals surface area contributed by atoms with Gasteiger partial charge in [-0.3, -0.25) is 9.63 Å². The molecule has 192 valence electrons. The zero-order valence-electron chi connectivity index (χ0n) is 21.5. The number of nitrogens with zero attached hydrogens (tertiary/aromatic N) is 3. The highest BCUT2D eigenvalue weighted by Crippen LogP contribution is 2.46. The first kappa shape index (κ1) is 24.9. The number of H-pyrrole nitrogens is 1. The Labute approximate surface area is 216 Å². The Bertz CT molecular complexity index is 1260. The molecule has 1 fully saturated rings. The summed E-state index contributed by atoms with van der Waals surface area (Å²) in [6.07, 6.45) is 2.31. The summed E-state index contributed by atoms with van der Waals surface area (Å²) in [7, 11) is 3.29. The van der Waals surface area contributed by atoms with Crippen LogP contribution < -0.4 is 9.47 Å². The number of pyridine rings is 1. The van der Waals surface area contributed by atoms with Crippen molar-refractivity contribution in [2.75, 3.05) is 20.8 Å². The maximum Gasteiger partial charge on any atom is 0.177 e. The van der Waals surface area contributed by atoms with E-state index in [4.69, 9.17) is 14.3 Å². The molecule has 2 aromatic heterocycles. The predicted molar refractivity (Wildman–Crippen MR) is 140 cm³/mol. The van der Waals surface area contributed by atoms with Crippen molar-refractivity contribution in [3.63, 3.8) is 0 Å². The molecule has 37 heavy (non-hydrogen) atoms. The Morgan fingerprint density at radius 3 is 1.95 bits per heavy atom. The largest absolute Gasteiger partial charge is 0.497 e. The first-order chi connectivity index (χ1) is 18.0. The Morgan fingerprint density at radius 2 is 1.43 bits per heavy atom. The minimum Gasteiger partial charge on any atom is -0.497 e. The zero-order chi connectivity index (χ0) is 25.9. The number of rotatable bonds is 8. The Morgan fingerprint density at radius 1 is 0.865 bits per heavy atom. The van der Waals surface area contributed by atoms with Crippen LogP contribution in [0.5, 0.6) is 11.5 Å². The van der Waals surface area contributed by atoms with Gasteiger partial charge in [-0.05, 0) is 47.5 Å². The summed E-state index contributed by atoms with van der Waals surface area (Å²) in [5.74, 6) is 2.05. The maximum absolute atomic E-state index is 13.5. The molecule has 4 aromatic rings. The quantitative estimate of drug-likeness (QED) is 0.360. The highest BCUT2D eigenvalue weighted by atomic mass is 16.7. The van der Waals surface area contributed by atoms with Crippen LogP contribution in [0, 0.1) is 11.8 Å². The molecule has 3 heterocycles. The second-order valence-electron chi connectivity index (χ2n) is 9.42. The Kier molecular flexibility index (Phi) is 7.21. The Hall–Kier alpha value is -3.75. The van der Waals surface area contributed by atoms with Gasteiger partial charge in [0.25, 0.3) is 0 Å². The standard InChI is InChI=1S/C29H32N4O4/c1-18-26(20-7-11-22(35-3)12-8-20)33(37-17-15-25-31-24-6-5-16-30-29(24)32-25)27(19(2)28(18)34)21-9-13-23(36-4)14-10-21/h5-14,16,18-19,26-27H,15,17H2,1-4H3,(H,30,31,32). The number of methoxy groups -OCH3 is 2. The van der Waals surface area contributed by atoms with Gasteiger partial charge in [-0.2, -0.15) is 5.06 Å². The van der Waals surface area contributed by atoms with E-state index >= 15 is 0 Å². The van der Waals surface area contributed by atoms with Gasteiger partial charge in [0, 0.05) is 24.5 Å². The van der Waals surface area contributed by atoms with Crippen molar-refractivity contribution >= 4 is 16.9 Å². The monoisotopic (exact) mass is 500 g/mol. The lowest BCUT2D eigenvalue weighted by Crippen LogP contribution is -2.49. The second-order valence-corrected chi connectivity index (χ2v) is 9.42. The van der Waals surface area contributed by atoms with Crippen LogP contribution in [0.25, 0.3) is 11.2 Å². The molecule has 4 unspecified atom stereocenters. The summed E-state index contributed by atoms with van der Waals surface area (Å²) < 4.78 is 10.7. The zero-order valence-corrected chi connectivity index (χ0v) is 21.5. The minimum atomic E-state index is -0.265. The molecule has 0 saturated carbocycles. The van der Waals surface area contributed by atoms with Crippen molar-refractivity contribution in [1.29, 1.82) is 0 Å². The molecule has 0 spiro atoms. The molecule has 1 saturated heterocycles. The number of nitrogens with one attached hydrogen (secondary N) is 1. The number of carbonyl (C=O) groups is 1. The summed E-state index contributed by atoms with van der Waals surface area (Å²) >= 11 is 0. The number of piperidine rings is 1. The molecule has 1 aliphatic rings. The number of hydrogen-bond acceptors (Lipinski definition) is 7. The fourth-order valence-electron chi connectivity index (χ4n) is 5.23. The van der Waals surface area contributed by atoms with Crippen LogP contribution >= 0.6 is 0 Å². The summed E-state index contributed by atoms with van der Waals surface area (Å²) in [4.78, 5) is 32.3. The molecule has 4 atom stereocenters. The molecular weight excluding hydrogens is 468 g/mol. The van der Waals surface area contributed by atoms with E-state index in [1.807, 2.05) is 79.6 Å². The number of aromatic nitrogens is 3. The summed E-state index contributed by atoms with van der Waals surface area (Å²) in [5, 5.41) is 2.02. The van der Waals surface area contributed by atoms with E-state index < -0.39 is 0 Å². The van der Waals surface area contributed by atoms with Crippen LogP contribution in [0.3, 0.4) is 0 Å². The average Bonchev–Trinajstić information content (AvgIpc) is 3.35. The van der Waals surface area contributed by atoms with E-state index in [9.17, 15) is 4.79 Å². The van der Waals surface area contributed by atoms with E-state index in [1.165, 1.54) is 0 Å². The topological polar surface area (TPSA) is 89.6 Å². The lowest BCUT2D eigenvalue weighted by atomic mass is 9.75. The number of carbonyl (C=O) groups excluding carboxylic acids is 1. The van der Waals surface area contributed by atoms with Crippen molar-refractivity contribution in [2.45, 2.75) is 32.4 Å². The number of ether oxygens (including phenoxy) is 2. The van der Waals surface area contributed by atoms with Gasteiger partial charge in [-0.25, -0.2) is 9.97 Å². The Balaban J connectivity index is 1.47. The number of Topliss-reactive ketones (excluding diaryl/α,β-unsaturated/α-hetero) is 1. The van der Waals surface area contributed by atoms with Gasteiger partial charge in [0.1, 0.15) is 23.1 Å². The van der Waals surface area contributed by atoms with Gasteiger partial charge < -0.3 is 14.5 Å². The summed E-state index contributed by atoms with van der Waals surface area (Å²) in [5.41, 5.74) is 3.59. The molecule has 5 rings (SSSR count). The highest BCUT2D eigenvalue weighted by molar-refractivity contribution is 5.85. The molecule has 2 aromatic carbocycles. The van der Waals surface area contributed by atoms with Crippen LogP contribution in [0.1, 0.15) is 42.9 Å². The van der Waals surface area contributed by atoms with Gasteiger partial charge >= 0.3 is 0 Å². The van der Waals surface area contributed by atoms with Gasteiger partial charge in [0.05, 0.1) is 38.4 Å². The van der Waals surface area contributed by atoms with Gasteiger partial charge in [-0.1, -0.05) is 38.1 Å². The summed E-state index contributed by atoms with van der Waals surface area (Å²) in [6.45, 7) is 4.37. The van der Waals surface area contributed by atoms with E-state index in [-0.39, 0.29) is 29.7 Å². The number of hydroxylamine groups is 2. The van der Waals surface area contributed by atoms with Gasteiger partial charge in [0.15, 0.2) is 5.65 Å². The van der Waals surface area contributed by atoms with Gasteiger partial charge in [0.2, 0.25) is 0 Å². The smallest absolute Gasteiger partial charge is 0.177 e. The number of fused-ring (bicyclic) bond motifs is 1. The number of benzene rings is 2. The molecule has 0 bridgehead atoms. The van der Waals surface area contributed by atoms with E-state index in [0.717, 1.165) is 34.0 Å². The van der Waals surface area contributed by atoms with Crippen LogP contribution in [0.2, 0.25) is 0 Å². The molecule has 0 radical (unpaired) electrons. The highest BCUT2D eigenvalue weighted by Gasteiger charge is 2.47. The van der Waals surface area contributed by atoms with Crippen LogP contribution in [0.15, 0.2) is 66.9 Å². The molecule has 0 amide bonds. The van der Waals surface area contributed by atoms with Crippen LogP contribution in [0.4, 0.5) is 0 Å². The number of aromatic amines is 1. The second kappa shape index (κ2) is 10.7. The molecular formula is C29H32N4O4. The molecule has 0 aliphatic carbocycles. The SMILES string of the molecule is COc1ccc(C2C(C)C(=O)C(C)C(c3ccc(OC)cc3)N2OCCc2nc3ncccc3[nH]2)cc1. The fourth-order valence-corrected chi connectivity index (χ4v) is 5.23. The van der Waals surface area contributed by atoms with Crippen LogP contribution in [-0.2, 0) is 16.1 Å². The molecule has 8 heteroatoms. The maximum atomic E-state index is 13.5. The van der Waals surface area contributed by atoms with Crippen molar-refractivity contribution in [1.82, 2.24) is 20.0 Å². The van der Waals surface area contributed by atoms with Crippen molar-refractivity contribution < 1.29 is 19.1 Å². The van der Waals surface area contributed by atoms with E-state index in [2.05, 4.69) is 15.0 Å². The fraction of sp³-hybridized carbons (Fsp3) is 0.345. The molecule has 1 N–H and O–H groups in total. The van der Waals surface area contributed by atoms with Crippen LogP contribution in [-0.4, -0.2) is 46.6 Å². The average molecular weight is 501 g/mol.